The van der Waals surface area contributed by atoms with Gasteiger partial charge in [0.15, 0.2) is 0 Å². The number of rotatable bonds is 7. The first-order valence-electron chi connectivity index (χ1n) is 5.03. The Hall–Kier alpha value is -0.640. The molecule has 1 amide bonds. The van der Waals surface area contributed by atoms with Crippen LogP contribution in [-0.2, 0) is 15.6 Å². The normalized spacial score (nSPS) is 13.0. The topological polar surface area (TPSA) is 46.2 Å². The molecule has 0 bridgehead atoms. The highest BCUT2D eigenvalue weighted by molar-refractivity contribution is 7.87. The van der Waals surface area contributed by atoms with Gasteiger partial charge in [-0.3, -0.25) is 9.00 Å². The Morgan fingerprint density at radius 3 is 2.64 bits per heavy atom. The average molecular weight is 217 g/mol. The lowest BCUT2D eigenvalue weighted by Gasteiger charge is -1.97. The van der Waals surface area contributed by atoms with E-state index >= 15 is 0 Å². The van der Waals surface area contributed by atoms with E-state index in [9.17, 15) is 9.00 Å². The number of carbonyl (C=O) groups is 1. The van der Waals surface area contributed by atoms with Crippen LogP contribution in [0, 0.1) is 0 Å². The molecule has 0 heterocycles. The Balaban J connectivity index is 3.68. The first kappa shape index (κ1) is 13.4. The minimum atomic E-state index is -0.987. The number of carbonyl (C=O) groups excluding carboxylic acids is 1. The summed E-state index contributed by atoms with van der Waals surface area (Å²) in [6.07, 6.45) is 4.25. The first-order chi connectivity index (χ1) is 6.70. The van der Waals surface area contributed by atoms with E-state index in [0.717, 1.165) is 19.3 Å². The molecule has 82 valence electrons. The highest BCUT2D eigenvalue weighted by Crippen LogP contribution is 1.93. The summed E-state index contributed by atoms with van der Waals surface area (Å²) in [6, 6.07) is 0. The molecule has 14 heavy (non-hydrogen) atoms. The third-order valence-corrected chi connectivity index (χ3v) is 2.75. The third kappa shape index (κ3) is 7.98. The second-order valence-corrected chi connectivity index (χ2v) is 4.47. The molecule has 0 aromatic heterocycles. The van der Waals surface area contributed by atoms with Crippen molar-refractivity contribution in [3.05, 3.63) is 11.5 Å². The van der Waals surface area contributed by atoms with Crippen LogP contribution in [0.1, 0.15) is 33.1 Å². The van der Waals surface area contributed by atoms with E-state index in [0.29, 0.717) is 12.3 Å². The summed E-state index contributed by atoms with van der Waals surface area (Å²) in [5, 5.41) is 4.16. The van der Waals surface area contributed by atoms with Gasteiger partial charge in [0.05, 0.1) is 0 Å². The largest absolute Gasteiger partial charge is 0.353 e. The van der Waals surface area contributed by atoms with E-state index in [2.05, 4.69) is 12.2 Å². The summed E-state index contributed by atoms with van der Waals surface area (Å²) in [5.74, 6) is 0.491. The third-order valence-electron chi connectivity index (χ3n) is 1.62. The Bertz CT molecular complexity index is 192. The van der Waals surface area contributed by atoms with E-state index in [1.165, 1.54) is 11.5 Å². The number of hydrogen-bond acceptors (Lipinski definition) is 2. The molecule has 0 aromatic rings. The maximum absolute atomic E-state index is 11.2. The minimum absolute atomic E-state index is 0.156. The zero-order chi connectivity index (χ0) is 10.8. The van der Waals surface area contributed by atoms with Crippen LogP contribution < -0.4 is 5.32 Å². The minimum Gasteiger partial charge on any atom is -0.353 e. The lowest BCUT2D eigenvalue weighted by atomic mass is 10.4. The van der Waals surface area contributed by atoms with Gasteiger partial charge in [-0.2, -0.15) is 0 Å². The fourth-order valence-corrected chi connectivity index (χ4v) is 1.78. The van der Waals surface area contributed by atoms with Gasteiger partial charge >= 0.3 is 0 Å². The lowest BCUT2D eigenvalue weighted by molar-refractivity contribution is -0.116. The van der Waals surface area contributed by atoms with Gasteiger partial charge in [0.2, 0.25) is 5.91 Å². The van der Waals surface area contributed by atoms with Crippen molar-refractivity contribution in [2.75, 3.05) is 12.3 Å². The molecule has 1 atom stereocenters. The molecule has 0 aromatic carbocycles. The van der Waals surface area contributed by atoms with Crippen molar-refractivity contribution in [3.63, 3.8) is 0 Å². The molecule has 1 N–H and O–H groups in total. The van der Waals surface area contributed by atoms with Gasteiger partial charge in [-0.1, -0.05) is 20.3 Å². The molecule has 0 saturated heterocycles. The monoisotopic (exact) mass is 217 g/mol. The Morgan fingerprint density at radius 2 is 2.07 bits per heavy atom. The van der Waals surface area contributed by atoms with Crippen molar-refractivity contribution in [2.45, 2.75) is 33.1 Å². The fraction of sp³-hybridized carbons (Fsp3) is 0.700. The SMILES string of the molecule is CCCC[S@](=O)/C=C/C(=O)NCCC. The second kappa shape index (κ2) is 8.94. The Morgan fingerprint density at radius 1 is 1.36 bits per heavy atom. The fourth-order valence-electron chi connectivity index (χ4n) is 0.799. The summed E-state index contributed by atoms with van der Waals surface area (Å²) in [6.45, 7) is 4.71. The number of amides is 1. The molecule has 0 fully saturated rings. The van der Waals surface area contributed by atoms with E-state index in [1.54, 1.807) is 0 Å². The van der Waals surface area contributed by atoms with Crippen molar-refractivity contribution in [1.82, 2.24) is 5.32 Å². The molecular weight excluding hydrogens is 198 g/mol. The molecule has 0 aliphatic heterocycles. The smallest absolute Gasteiger partial charge is 0.244 e. The van der Waals surface area contributed by atoms with Gasteiger partial charge in [-0.05, 0) is 12.8 Å². The highest BCUT2D eigenvalue weighted by Gasteiger charge is 1.96. The highest BCUT2D eigenvalue weighted by atomic mass is 32.2. The average Bonchev–Trinajstić information content (AvgIpc) is 2.20. The summed E-state index contributed by atoms with van der Waals surface area (Å²) in [7, 11) is -0.987. The van der Waals surface area contributed by atoms with Crippen LogP contribution in [0.4, 0.5) is 0 Å². The van der Waals surface area contributed by atoms with Gasteiger partial charge in [0.25, 0.3) is 0 Å². The van der Waals surface area contributed by atoms with E-state index in [-0.39, 0.29) is 5.91 Å². The maximum Gasteiger partial charge on any atom is 0.244 e. The van der Waals surface area contributed by atoms with Gasteiger partial charge in [-0.15, -0.1) is 0 Å². The van der Waals surface area contributed by atoms with Crippen molar-refractivity contribution >= 4 is 16.7 Å². The summed E-state index contributed by atoms with van der Waals surface area (Å²) in [4.78, 5) is 11.0. The zero-order valence-corrected chi connectivity index (χ0v) is 9.73. The number of hydrogen-bond donors (Lipinski definition) is 1. The summed E-state index contributed by atoms with van der Waals surface area (Å²) < 4.78 is 11.2. The Kier molecular flexibility index (Phi) is 8.53. The van der Waals surface area contributed by atoms with Crippen molar-refractivity contribution in [3.8, 4) is 0 Å². The number of unbranched alkanes of at least 4 members (excludes halogenated alkanes) is 1. The van der Waals surface area contributed by atoms with Gasteiger partial charge in [0.1, 0.15) is 0 Å². The zero-order valence-electron chi connectivity index (χ0n) is 8.91. The Labute approximate surface area is 88.4 Å². The van der Waals surface area contributed by atoms with Gasteiger partial charge in [0, 0.05) is 34.6 Å². The van der Waals surface area contributed by atoms with Crippen molar-refractivity contribution in [1.29, 1.82) is 0 Å². The van der Waals surface area contributed by atoms with Crippen LogP contribution in [-0.4, -0.2) is 22.4 Å². The molecule has 4 heteroatoms. The first-order valence-corrected chi connectivity index (χ1v) is 6.42. The quantitative estimate of drug-likeness (QED) is 0.658. The van der Waals surface area contributed by atoms with Crippen molar-refractivity contribution < 1.29 is 9.00 Å². The van der Waals surface area contributed by atoms with E-state index in [1.807, 2.05) is 6.92 Å². The van der Waals surface area contributed by atoms with Crippen LogP contribution >= 0.6 is 0 Å². The van der Waals surface area contributed by atoms with Crippen molar-refractivity contribution in [2.24, 2.45) is 0 Å². The van der Waals surface area contributed by atoms with Crippen LogP contribution in [0.25, 0.3) is 0 Å². The molecule has 0 aliphatic carbocycles. The molecule has 0 unspecified atom stereocenters. The predicted octanol–water partition coefficient (Wildman–Crippen LogP) is 1.58. The molecule has 3 nitrogen and oxygen atoms in total. The molecule has 0 radical (unpaired) electrons. The van der Waals surface area contributed by atoms with Crippen LogP contribution in [0.5, 0.6) is 0 Å². The van der Waals surface area contributed by atoms with E-state index < -0.39 is 10.8 Å². The molecule has 0 rings (SSSR count). The predicted molar refractivity (Wildman–Crippen MR) is 60.4 cm³/mol. The summed E-state index contributed by atoms with van der Waals surface area (Å²) >= 11 is 0. The lowest BCUT2D eigenvalue weighted by Crippen LogP contribution is -2.21. The van der Waals surface area contributed by atoms with Crippen LogP contribution in [0.3, 0.4) is 0 Å². The van der Waals surface area contributed by atoms with Crippen LogP contribution in [0.2, 0.25) is 0 Å². The number of nitrogens with one attached hydrogen (secondary N) is 1. The standard InChI is InChI=1S/C10H19NO2S/c1-3-5-8-14(13)9-6-10(12)11-7-4-2/h6,9H,3-5,7-8H2,1-2H3,(H,11,12)/b9-6+/t14-/m0/s1. The van der Waals surface area contributed by atoms with Gasteiger partial charge in [-0.25, -0.2) is 0 Å². The summed E-state index contributed by atoms with van der Waals surface area (Å²) in [5.41, 5.74) is 0. The maximum atomic E-state index is 11.2. The molecule has 0 spiro atoms. The van der Waals surface area contributed by atoms with E-state index in [4.69, 9.17) is 0 Å². The second-order valence-electron chi connectivity index (χ2n) is 3.03. The van der Waals surface area contributed by atoms with Gasteiger partial charge < -0.3 is 5.32 Å². The van der Waals surface area contributed by atoms with Crippen LogP contribution in [0.15, 0.2) is 11.5 Å². The molecule has 0 aliphatic rings. The molecule has 0 saturated carbocycles. The molecular formula is C10H19NO2S.